The van der Waals surface area contributed by atoms with Crippen LogP contribution in [0.2, 0.25) is 0 Å². The van der Waals surface area contributed by atoms with E-state index in [9.17, 15) is 4.79 Å². The van der Waals surface area contributed by atoms with Gasteiger partial charge in [-0.1, -0.05) is 36.8 Å². The number of nitrogens with one attached hydrogen (secondary N) is 1. The lowest BCUT2D eigenvalue weighted by Gasteiger charge is -2.21. The molecule has 2 aliphatic rings. The van der Waals surface area contributed by atoms with E-state index in [1.165, 1.54) is 25.7 Å². The minimum Gasteiger partial charge on any atom is -0.352 e. The molecule has 1 amide bonds. The molecular weight excluding hydrogens is 234 g/mol. The van der Waals surface area contributed by atoms with Crippen molar-refractivity contribution in [2.24, 2.45) is 17.8 Å². The molecule has 0 aromatic heterocycles. The fourth-order valence-electron chi connectivity index (χ4n) is 3.65. The van der Waals surface area contributed by atoms with Crippen molar-refractivity contribution in [2.45, 2.75) is 25.7 Å². The molecule has 2 heteroatoms. The van der Waals surface area contributed by atoms with Crippen LogP contribution < -0.4 is 5.32 Å². The third kappa shape index (κ3) is 3.06. The lowest BCUT2D eigenvalue weighted by atomic mass is 9.89. The van der Waals surface area contributed by atoms with E-state index < -0.39 is 0 Å². The molecule has 2 fully saturated rings. The van der Waals surface area contributed by atoms with Crippen molar-refractivity contribution in [3.05, 3.63) is 42.0 Å². The number of amides is 1. The molecule has 0 radical (unpaired) electrons. The number of hydrogen-bond acceptors (Lipinski definition) is 1. The van der Waals surface area contributed by atoms with Crippen molar-refractivity contribution in [2.75, 3.05) is 6.54 Å². The maximum Gasteiger partial charge on any atom is 0.244 e. The van der Waals surface area contributed by atoms with Crippen molar-refractivity contribution in [3.63, 3.8) is 0 Å². The number of benzene rings is 1. The van der Waals surface area contributed by atoms with Gasteiger partial charge in [0.05, 0.1) is 0 Å². The average Bonchev–Trinajstić information content (AvgIpc) is 3.06. The summed E-state index contributed by atoms with van der Waals surface area (Å²) in [4.78, 5) is 11.8. The first-order valence-electron chi connectivity index (χ1n) is 7.32. The van der Waals surface area contributed by atoms with Gasteiger partial charge in [0.25, 0.3) is 0 Å². The first kappa shape index (κ1) is 12.5. The monoisotopic (exact) mass is 255 g/mol. The van der Waals surface area contributed by atoms with E-state index in [0.29, 0.717) is 0 Å². The number of hydrogen-bond donors (Lipinski definition) is 1. The molecule has 1 aromatic carbocycles. The summed E-state index contributed by atoms with van der Waals surface area (Å²) >= 11 is 0. The summed E-state index contributed by atoms with van der Waals surface area (Å²) in [6.07, 6.45) is 9.04. The Morgan fingerprint density at radius 1 is 1.21 bits per heavy atom. The van der Waals surface area contributed by atoms with Crippen molar-refractivity contribution in [1.29, 1.82) is 0 Å². The first-order chi connectivity index (χ1) is 9.31. The molecule has 3 atom stereocenters. The van der Waals surface area contributed by atoms with Crippen LogP contribution in [0, 0.1) is 17.8 Å². The van der Waals surface area contributed by atoms with E-state index in [4.69, 9.17) is 0 Å². The summed E-state index contributed by atoms with van der Waals surface area (Å²) in [5.74, 6) is 2.59. The van der Waals surface area contributed by atoms with Gasteiger partial charge in [-0.3, -0.25) is 4.79 Å². The average molecular weight is 255 g/mol. The predicted octanol–water partition coefficient (Wildman–Crippen LogP) is 3.25. The van der Waals surface area contributed by atoms with E-state index in [1.54, 1.807) is 6.08 Å². The summed E-state index contributed by atoms with van der Waals surface area (Å²) in [5.41, 5.74) is 1.07. The second kappa shape index (κ2) is 5.60. The van der Waals surface area contributed by atoms with Crippen molar-refractivity contribution < 1.29 is 4.79 Å². The molecule has 3 rings (SSSR count). The van der Waals surface area contributed by atoms with Crippen molar-refractivity contribution in [3.8, 4) is 0 Å². The zero-order chi connectivity index (χ0) is 13.1. The molecule has 0 unspecified atom stereocenters. The lowest BCUT2D eigenvalue weighted by molar-refractivity contribution is -0.116. The Morgan fingerprint density at radius 2 is 2.05 bits per heavy atom. The van der Waals surface area contributed by atoms with E-state index in [1.807, 2.05) is 36.4 Å². The molecule has 19 heavy (non-hydrogen) atoms. The Morgan fingerprint density at radius 3 is 2.74 bits per heavy atom. The Bertz CT molecular complexity index is 465. The smallest absolute Gasteiger partial charge is 0.244 e. The maximum absolute atomic E-state index is 11.8. The van der Waals surface area contributed by atoms with Gasteiger partial charge in [0.1, 0.15) is 0 Å². The van der Waals surface area contributed by atoms with Gasteiger partial charge in [-0.15, -0.1) is 0 Å². The maximum atomic E-state index is 11.8. The van der Waals surface area contributed by atoms with Gasteiger partial charge in [-0.25, -0.2) is 0 Å². The molecule has 0 aliphatic heterocycles. The number of fused-ring (bicyclic) bond motifs is 2. The number of carbonyl (C=O) groups excluding carboxylic acids is 1. The SMILES string of the molecule is O=C(/C=C/c1ccccc1)NC[C@@H]1C[C@H]2CC[C@@H]1C2. The van der Waals surface area contributed by atoms with Crippen LogP contribution in [0.1, 0.15) is 31.2 Å². The molecule has 1 N–H and O–H groups in total. The molecule has 0 spiro atoms. The summed E-state index contributed by atoms with van der Waals surface area (Å²) in [6, 6.07) is 9.94. The molecular formula is C17H21NO. The van der Waals surface area contributed by atoms with Gasteiger partial charge >= 0.3 is 0 Å². The highest BCUT2D eigenvalue weighted by Gasteiger charge is 2.39. The standard InChI is InChI=1S/C17H21NO/c19-17(9-7-13-4-2-1-3-5-13)18-12-16-11-14-6-8-15(16)10-14/h1-5,7,9,14-16H,6,8,10-12H2,(H,18,19)/b9-7+/t14-,15+,16-/m0/s1. The quantitative estimate of drug-likeness (QED) is 0.822. The third-order valence-electron chi connectivity index (χ3n) is 4.65. The predicted molar refractivity (Wildman–Crippen MR) is 77.4 cm³/mol. The Balaban J connectivity index is 1.46. The number of rotatable bonds is 4. The van der Waals surface area contributed by atoms with Crippen LogP contribution in [-0.4, -0.2) is 12.5 Å². The molecule has 1 aromatic rings. The van der Waals surface area contributed by atoms with Crippen molar-refractivity contribution >= 4 is 12.0 Å². The highest BCUT2D eigenvalue weighted by atomic mass is 16.1. The second-order valence-corrected chi connectivity index (χ2v) is 5.92. The van der Waals surface area contributed by atoms with Gasteiger partial charge in [0.15, 0.2) is 0 Å². The molecule has 2 aliphatic carbocycles. The van der Waals surface area contributed by atoms with Crippen LogP contribution in [0.15, 0.2) is 36.4 Å². The highest BCUT2D eigenvalue weighted by molar-refractivity contribution is 5.91. The normalized spacial score (nSPS) is 28.9. The molecule has 0 heterocycles. The summed E-state index contributed by atoms with van der Waals surface area (Å²) in [7, 11) is 0. The zero-order valence-corrected chi connectivity index (χ0v) is 11.2. The molecule has 2 saturated carbocycles. The van der Waals surface area contributed by atoms with Crippen LogP contribution in [0.25, 0.3) is 6.08 Å². The third-order valence-corrected chi connectivity index (χ3v) is 4.65. The van der Waals surface area contributed by atoms with Gasteiger partial charge in [-0.05, 0) is 48.7 Å². The van der Waals surface area contributed by atoms with E-state index in [-0.39, 0.29) is 5.91 Å². The topological polar surface area (TPSA) is 29.1 Å². The summed E-state index contributed by atoms with van der Waals surface area (Å²) in [5, 5.41) is 3.05. The van der Waals surface area contributed by atoms with Gasteiger partial charge in [0, 0.05) is 12.6 Å². The molecule has 2 bridgehead atoms. The Labute approximate surface area is 114 Å². The fraction of sp³-hybridized carbons (Fsp3) is 0.471. The molecule has 100 valence electrons. The van der Waals surface area contributed by atoms with E-state index in [0.717, 1.165) is 29.9 Å². The van der Waals surface area contributed by atoms with Gasteiger partial charge in [-0.2, -0.15) is 0 Å². The summed E-state index contributed by atoms with van der Waals surface area (Å²) in [6.45, 7) is 0.860. The van der Waals surface area contributed by atoms with Gasteiger partial charge in [0.2, 0.25) is 5.91 Å². The highest BCUT2D eigenvalue weighted by Crippen LogP contribution is 2.47. The van der Waals surface area contributed by atoms with Crippen LogP contribution in [0.3, 0.4) is 0 Å². The van der Waals surface area contributed by atoms with Crippen LogP contribution >= 0.6 is 0 Å². The molecule has 2 nitrogen and oxygen atoms in total. The largest absolute Gasteiger partial charge is 0.352 e. The van der Waals surface area contributed by atoms with Crippen LogP contribution in [0.4, 0.5) is 0 Å². The Kier molecular flexibility index (Phi) is 3.67. The lowest BCUT2D eigenvalue weighted by Crippen LogP contribution is -2.30. The summed E-state index contributed by atoms with van der Waals surface area (Å²) < 4.78 is 0. The fourth-order valence-corrected chi connectivity index (χ4v) is 3.65. The number of carbonyl (C=O) groups is 1. The van der Waals surface area contributed by atoms with Crippen LogP contribution in [-0.2, 0) is 4.79 Å². The second-order valence-electron chi connectivity index (χ2n) is 5.92. The Hall–Kier alpha value is -1.57. The van der Waals surface area contributed by atoms with Crippen molar-refractivity contribution in [1.82, 2.24) is 5.32 Å². The first-order valence-corrected chi connectivity index (χ1v) is 7.32. The van der Waals surface area contributed by atoms with E-state index >= 15 is 0 Å². The minimum absolute atomic E-state index is 0.0339. The zero-order valence-electron chi connectivity index (χ0n) is 11.2. The van der Waals surface area contributed by atoms with E-state index in [2.05, 4.69) is 5.32 Å². The van der Waals surface area contributed by atoms with Gasteiger partial charge < -0.3 is 5.32 Å². The minimum atomic E-state index is 0.0339. The van der Waals surface area contributed by atoms with Crippen LogP contribution in [0.5, 0.6) is 0 Å². The molecule has 0 saturated heterocycles.